The minimum atomic E-state index is 0.711. The van der Waals surface area contributed by atoms with Gasteiger partial charge in [-0.1, -0.05) is 31.4 Å². The molecule has 0 bridgehead atoms. The van der Waals surface area contributed by atoms with Gasteiger partial charge in [0, 0.05) is 37.3 Å². The average Bonchev–Trinajstić information content (AvgIpc) is 3.17. The van der Waals surface area contributed by atoms with Crippen LogP contribution in [0.25, 0.3) is 0 Å². The van der Waals surface area contributed by atoms with Crippen LogP contribution in [0.3, 0.4) is 0 Å². The van der Waals surface area contributed by atoms with E-state index in [2.05, 4.69) is 21.9 Å². The van der Waals surface area contributed by atoms with Crippen LogP contribution in [-0.4, -0.2) is 55.7 Å². The first-order chi connectivity index (χ1) is 12.8. The van der Waals surface area contributed by atoms with Crippen LogP contribution in [0.4, 0.5) is 0 Å². The lowest BCUT2D eigenvalue weighted by atomic mass is 9.78. The predicted octanol–water partition coefficient (Wildman–Crippen LogP) is 3.93. The van der Waals surface area contributed by atoms with Gasteiger partial charge in [-0.25, -0.2) is 0 Å². The molecule has 4 heteroatoms. The third-order valence-corrected chi connectivity index (χ3v) is 6.90. The lowest BCUT2D eigenvalue weighted by molar-refractivity contribution is -0.00416. The van der Waals surface area contributed by atoms with Gasteiger partial charge in [0.15, 0.2) is 11.5 Å². The quantitative estimate of drug-likeness (QED) is 0.796. The van der Waals surface area contributed by atoms with Crippen molar-refractivity contribution >= 4 is 0 Å². The van der Waals surface area contributed by atoms with Crippen molar-refractivity contribution in [2.24, 2.45) is 5.92 Å². The van der Waals surface area contributed by atoms with Gasteiger partial charge in [0.25, 0.3) is 0 Å². The summed E-state index contributed by atoms with van der Waals surface area (Å²) in [6, 6.07) is 7.78. The number of ether oxygens (including phenoxy) is 2. The molecule has 4 rings (SSSR count). The molecule has 26 heavy (non-hydrogen) atoms. The Balaban J connectivity index is 1.59. The second-order valence-electron chi connectivity index (χ2n) is 8.26. The lowest BCUT2D eigenvalue weighted by Gasteiger charge is -2.49. The highest BCUT2D eigenvalue weighted by molar-refractivity contribution is 5.46. The second kappa shape index (κ2) is 8.18. The van der Waals surface area contributed by atoms with E-state index < -0.39 is 0 Å². The molecule has 3 fully saturated rings. The van der Waals surface area contributed by atoms with Gasteiger partial charge >= 0.3 is 0 Å². The van der Waals surface area contributed by atoms with E-state index in [0.717, 1.165) is 30.0 Å². The third-order valence-electron chi connectivity index (χ3n) is 6.90. The molecule has 2 atom stereocenters. The summed E-state index contributed by atoms with van der Waals surface area (Å²) in [6.45, 7) is 4.69. The fourth-order valence-corrected chi connectivity index (χ4v) is 5.74. The monoisotopic (exact) mass is 358 g/mol. The summed E-state index contributed by atoms with van der Waals surface area (Å²) in [5.41, 5.74) is 1.26. The first-order valence-electron chi connectivity index (χ1n) is 10.5. The van der Waals surface area contributed by atoms with Crippen molar-refractivity contribution in [3.8, 4) is 11.5 Å². The van der Waals surface area contributed by atoms with E-state index in [0.29, 0.717) is 6.04 Å². The van der Waals surface area contributed by atoms with Gasteiger partial charge in [0.2, 0.25) is 0 Å². The Hall–Kier alpha value is -1.26. The number of hydrogen-bond donors (Lipinski definition) is 0. The van der Waals surface area contributed by atoms with Crippen LogP contribution in [0.15, 0.2) is 18.2 Å². The number of benzene rings is 1. The van der Waals surface area contributed by atoms with Crippen LogP contribution in [0.2, 0.25) is 0 Å². The van der Waals surface area contributed by atoms with Crippen molar-refractivity contribution in [2.45, 2.75) is 63.6 Å². The molecule has 0 amide bonds. The Morgan fingerprint density at radius 3 is 2.54 bits per heavy atom. The molecule has 1 aromatic rings. The SMILES string of the molecule is COc1cccc(CN2CCN3CCC[C@@H]3[C@@H]2C2CCCCC2)c1OC. The van der Waals surface area contributed by atoms with Crippen LogP contribution in [0.5, 0.6) is 11.5 Å². The molecule has 3 aliphatic rings. The zero-order valence-corrected chi connectivity index (χ0v) is 16.5. The summed E-state index contributed by atoms with van der Waals surface area (Å²) in [5.74, 6) is 2.62. The van der Waals surface area contributed by atoms with Crippen LogP contribution >= 0.6 is 0 Å². The first-order valence-corrected chi connectivity index (χ1v) is 10.5. The summed E-state index contributed by atoms with van der Waals surface area (Å²) in [6.07, 6.45) is 9.87. The molecule has 0 spiro atoms. The summed E-state index contributed by atoms with van der Waals surface area (Å²) in [4.78, 5) is 5.55. The molecule has 0 unspecified atom stereocenters. The summed E-state index contributed by atoms with van der Waals surface area (Å²) in [7, 11) is 3.48. The number of fused-ring (bicyclic) bond motifs is 1. The molecule has 2 aliphatic heterocycles. The fourth-order valence-electron chi connectivity index (χ4n) is 5.74. The molecular weight excluding hydrogens is 324 g/mol. The van der Waals surface area contributed by atoms with Crippen LogP contribution < -0.4 is 9.47 Å². The molecule has 4 nitrogen and oxygen atoms in total. The van der Waals surface area contributed by atoms with E-state index in [1.165, 1.54) is 70.1 Å². The normalized spacial score (nSPS) is 28.1. The van der Waals surface area contributed by atoms with Crippen LogP contribution in [-0.2, 0) is 6.54 Å². The molecular formula is C22H34N2O2. The Kier molecular flexibility index (Phi) is 5.70. The second-order valence-corrected chi connectivity index (χ2v) is 8.26. The van der Waals surface area contributed by atoms with Crippen molar-refractivity contribution in [3.63, 3.8) is 0 Å². The maximum absolute atomic E-state index is 5.71. The molecule has 0 radical (unpaired) electrons. The van der Waals surface area contributed by atoms with Gasteiger partial charge in [0.05, 0.1) is 14.2 Å². The Morgan fingerprint density at radius 1 is 0.923 bits per heavy atom. The van der Waals surface area contributed by atoms with E-state index in [4.69, 9.17) is 9.47 Å². The maximum Gasteiger partial charge on any atom is 0.165 e. The van der Waals surface area contributed by atoms with E-state index in [1.807, 2.05) is 6.07 Å². The third kappa shape index (κ3) is 3.46. The lowest BCUT2D eigenvalue weighted by Crippen LogP contribution is -2.59. The molecule has 144 valence electrons. The van der Waals surface area contributed by atoms with Gasteiger partial charge in [-0.05, 0) is 44.2 Å². The molecule has 1 saturated carbocycles. The molecule has 2 saturated heterocycles. The first kappa shape index (κ1) is 18.1. The van der Waals surface area contributed by atoms with Crippen molar-refractivity contribution in [3.05, 3.63) is 23.8 Å². The maximum atomic E-state index is 5.71. The molecule has 0 aromatic heterocycles. The number of methoxy groups -OCH3 is 2. The summed E-state index contributed by atoms with van der Waals surface area (Å²) < 4.78 is 11.2. The van der Waals surface area contributed by atoms with Gasteiger partial charge in [0.1, 0.15) is 0 Å². The van der Waals surface area contributed by atoms with Crippen LogP contribution in [0, 0.1) is 5.92 Å². The van der Waals surface area contributed by atoms with Crippen molar-refractivity contribution in [1.82, 2.24) is 9.80 Å². The topological polar surface area (TPSA) is 24.9 Å². The zero-order valence-electron chi connectivity index (χ0n) is 16.5. The summed E-state index contributed by atoms with van der Waals surface area (Å²) in [5, 5.41) is 0. The average molecular weight is 359 g/mol. The number of rotatable bonds is 5. The van der Waals surface area contributed by atoms with E-state index in [1.54, 1.807) is 14.2 Å². The van der Waals surface area contributed by atoms with Gasteiger partial charge in [-0.15, -0.1) is 0 Å². The van der Waals surface area contributed by atoms with Gasteiger partial charge < -0.3 is 9.47 Å². The van der Waals surface area contributed by atoms with E-state index in [9.17, 15) is 0 Å². The minimum Gasteiger partial charge on any atom is -0.493 e. The van der Waals surface area contributed by atoms with Crippen LogP contribution in [0.1, 0.15) is 50.5 Å². The van der Waals surface area contributed by atoms with Crippen molar-refractivity contribution in [1.29, 1.82) is 0 Å². The summed E-state index contributed by atoms with van der Waals surface area (Å²) >= 11 is 0. The Morgan fingerprint density at radius 2 is 1.77 bits per heavy atom. The van der Waals surface area contributed by atoms with Crippen molar-refractivity contribution in [2.75, 3.05) is 33.9 Å². The zero-order chi connectivity index (χ0) is 17.9. The molecule has 0 N–H and O–H groups in total. The highest BCUT2D eigenvalue weighted by Crippen LogP contribution is 2.39. The highest BCUT2D eigenvalue weighted by atomic mass is 16.5. The van der Waals surface area contributed by atoms with Gasteiger partial charge in [-0.3, -0.25) is 9.80 Å². The molecule has 2 heterocycles. The number of para-hydroxylation sites is 1. The van der Waals surface area contributed by atoms with E-state index in [-0.39, 0.29) is 0 Å². The molecule has 1 aromatic carbocycles. The largest absolute Gasteiger partial charge is 0.493 e. The number of nitrogens with zero attached hydrogens (tertiary/aromatic N) is 2. The Labute approximate surface area is 158 Å². The van der Waals surface area contributed by atoms with Gasteiger partial charge in [-0.2, -0.15) is 0 Å². The standard InChI is InChI=1S/C22H34N2O2/c1-25-20-12-6-10-18(22(20)26-2)16-24-15-14-23-13-7-11-19(23)21(24)17-8-4-3-5-9-17/h6,10,12,17,19,21H,3-5,7-9,11,13-16H2,1-2H3/t19-,21+/m1/s1. The number of hydrogen-bond acceptors (Lipinski definition) is 4. The van der Waals surface area contributed by atoms with Crippen molar-refractivity contribution < 1.29 is 9.47 Å². The number of piperazine rings is 1. The predicted molar refractivity (Wildman–Crippen MR) is 105 cm³/mol. The molecule has 1 aliphatic carbocycles. The fraction of sp³-hybridized carbons (Fsp3) is 0.727. The van der Waals surface area contributed by atoms with E-state index >= 15 is 0 Å². The highest BCUT2D eigenvalue weighted by Gasteiger charge is 2.43. The Bertz CT molecular complexity index is 600. The minimum absolute atomic E-state index is 0.711. The smallest absolute Gasteiger partial charge is 0.165 e.